The summed E-state index contributed by atoms with van der Waals surface area (Å²) < 4.78 is 1.21. The van der Waals surface area contributed by atoms with E-state index in [0.29, 0.717) is 18.1 Å². The van der Waals surface area contributed by atoms with Crippen LogP contribution in [0.5, 0.6) is 0 Å². The Labute approximate surface area is 167 Å². The van der Waals surface area contributed by atoms with E-state index in [1.807, 2.05) is 29.2 Å². The number of hydrogen-bond acceptors (Lipinski definition) is 4. The molecule has 2 aromatic carbocycles. The summed E-state index contributed by atoms with van der Waals surface area (Å²) in [6.45, 7) is 5.08. The predicted molar refractivity (Wildman–Crippen MR) is 114 cm³/mol. The van der Waals surface area contributed by atoms with Gasteiger partial charge in [0.05, 0.1) is 10.2 Å². The molecule has 1 aliphatic heterocycles. The van der Waals surface area contributed by atoms with E-state index in [-0.39, 0.29) is 5.91 Å². The molecule has 2 heterocycles. The summed E-state index contributed by atoms with van der Waals surface area (Å²) in [5, 5.41) is 1.69. The van der Waals surface area contributed by atoms with Gasteiger partial charge >= 0.3 is 0 Å². The number of hydrogen-bond donors (Lipinski definition) is 0. The lowest BCUT2D eigenvalue weighted by Gasteiger charge is -2.34. The van der Waals surface area contributed by atoms with Crippen molar-refractivity contribution in [3.8, 4) is 0 Å². The van der Waals surface area contributed by atoms with Crippen LogP contribution in [0.2, 0.25) is 5.02 Å². The van der Waals surface area contributed by atoms with E-state index < -0.39 is 0 Å². The molecular weight excluding hydrogens is 378 g/mol. The number of nitrogens with zero attached hydrogens (tertiary/aromatic N) is 3. The highest BCUT2D eigenvalue weighted by atomic mass is 35.5. The number of aryl methyl sites for hydroxylation is 1. The minimum atomic E-state index is 0.0227. The topological polar surface area (TPSA) is 36.4 Å². The molecule has 138 valence electrons. The number of piperazine rings is 1. The van der Waals surface area contributed by atoms with Crippen LogP contribution in [0.25, 0.3) is 16.3 Å². The van der Waals surface area contributed by atoms with Crippen molar-refractivity contribution in [1.82, 2.24) is 9.88 Å². The average molecular weight is 398 g/mol. The minimum Gasteiger partial charge on any atom is -0.345 e. The summed E-state index contributed by atoms with van der Waals surface area (Å²) in [5.74, 6) is 0.0227. The first-order valence-electron chi connectivity index (χ1n) is 8.94. The molecule has 0 radical (unpaired) electrons. The van der Waals surface area contributed by atoms with Crippen molar-refractivity contribution < 1.29 is 4.79 Å². The fourth-order valence-corrected chi connectivity index (χ4v) is 4.46. The van der Waals surface area contributed by atoms with Gasteiger partial charge in [0.1, 0.15) is 0 Å². The maximum atomic E-state index is 12.5. The van der Waals surface area contributed by atoms with Crippen LogP contribution in [0.4, 0.5) is 5.13 Å². The molecule has 1 aliphatic rings. The van der Waals surface area contributed by atoms with E-state index in [4.69, 9.17) is 16.6 Å². The number of fused-ring (bicyclic) bond motifs is 1. The maximum absolute atomic E-state index is 12.5. The Morgan fingerprint density at radius 2 is 1.93 bits per heavy atom. The molecule has 4 nitrogen and oxygen atoms in total. The van der Waals surface area contributed by atoms with Crippen molar-refractivity contribution in [1.29, 1.82) is 0 Å². The minimum absolute atomic E-state index is 0.0227. The van der Waals surface area contributed by atoms with Gasteiger partial charge < -0.3 is 9.80 Å². The zero-order valence-corrected chi connectivity index (χ0v) is 16.6. The van der Waals surface area contributed by atoms with E-state index in [1.54, 1.807) is 23.5 Å². The predicted octanol–water partition coefficient (Wildman–Crippen LogP) is 4.62. The lowest BCUT2D eigenvalue weighted by molar-refractivity contribution is -0.126. The van der Waals surface area contributed by atoms with Crippen molar-refractivity contribution >= 4 is 50.3 Å². The van der Waals surface area contributed by atoms with Crippen LogP contribution < -0.4 is 4.90 Å². The molecule has 0 unspecified atom stereocenters. The summed E-state index contributed by atoms with van der Waals surface area (Å²) in [6, 6.07) is 13.9. The van der Waals surface area contributed by atoms with E-state index in [0.717, 1.165) is 29.3 Å². The normalized spacial score (nSPS) is 15.0. The van der Waals surface area contributed by atoms with Gasteiger partial charge in [-0.2, -0.15) is 0 Å². The fourth-order valence-electron chi connectivity index (χ4n) is 3.15. The van der Waals surface area contributed by atoms with E-state index >= 15 is 0 Å². The van der Waals surface area contributed by atoms with Gasteiger partial charge in [0, 0.05) is 37.3 Å². The average Bonchev–Trinajstić information content (AvgIpc) is 3.10. The van der Waals surface area contributed by atoms with Crippen LogP contribution >= 0.6 is 22.9 Å². The molecule has 1 fully saturated rings. The molecule has 6 heteroatoms. The molecule has 0 bridgehead atoms. The van der Waals surface area contributed by atoms with Gasteiger partial charge in [0.15, 0.2) is 5.13 Å². The summed E-state index contributed by atoms with van der Waals surface area (Å²) in [5.41, 5.74) is 3.15. The number of aromatic nitrogens is 1. The smallest absolute Gasteiger partial charge is 0.246 e. The molecule has 4 rings (SSSR count). The van der Waals surface area contributed by atoms with Crippen LogP contribution in [-0.2, 0) is 4.79 Å². The van der Waals surface area contributed by atoms with E-state index in [1.165, 1.54) is 10.3 Å². The van der Waals surface area contributed by atoms with Crippen molar-refractivity contribution in [2.45, 2.75) is 6.92 Å². The van der Waals surface area contributed by atoms with Crippen molar-refractivity contribution in [2.75, 3.05) is 31.1 Å². The van der Waals surface area contributed by atoms with Crippen LogP contribution in [0, 0.1) is 6.92 Å². The van der Waals surface area contributed by atoms with E-state index in [2.05, 4.69) is 30.0 Å². The van der Waals surface area contributed by atoms with E-state index in [9.17, 15) is 4.79 Å². The third-order valence-corrected chi connectivity index (χ3v) is 6.13. The van der Waals surface area contributed by atoms with Gasteiger partial charge in [-0.15, -0.1) is 0 Å². The number of rotatable bonds is 3. The molecule has 1 saturated heterocycles. The number of benzene rings is 2. The van der Waals surface area contributed by atoms with Crippen LogP contribution in [0.15, 0.2) is 48.5 Å². The molecule has 3 aromatic rings. The Morgan fingerprint density at radius 3 is 2.70 bits per heavy atom. The number of thiazole rings is 1. The Kier molecular flexibility index (Phi) is 5.14. The van der Waals surface area contributed by atoms with Gasteiger partial charge in [-0.25, -0.2) is 4.98 Å². The first-order valence-corrected chi connectivity index (χ1v) is 10.1. The highest BCUT2D eigenvalue weighted by Crippen LogP contribution is 2.30. The first-order chi connectivity index (χ1) is 13.1. The SMILES string of the molecule is Cc1ccc2nc(N3CCN(C(=O)/C=C/c4ccccc4Cl)CC3)sc2c1. The largest absolute Gasteiger partial charge is 0.345 e. The monoisotopic (exact) mass is 397 g/mol. The zero-order valence-electron chi connectivity index (χ0n) is 15.1. The first kappa shape index (κ1) is 18.0. The number of amides is 1. The van der Waals surface area contributed by atoms with Gasteiger partial charge in [-0.05, 0) is 42.3 Å². The van der Waals surface area contributed by atoms with Crippen LogP contribution in [-0.4, -0.2) is 42.0 Å². The van der Waals surface area contributed by atoms with Crippen molar-refractivity contribution in [2.24, 2.45) is 0 Å². The maximum Gasteiger partial charge on any atom is 0.246 e. The summed E-state index contributed by atoms with van der Waals surface area (Å²) in [4.78, 5) is 21.4. The molecule has 1 amide bonds. The zero-order chi connectivity index (χ0) is 18.8. The van der Waals surface area contributed by atoms with Gasteiger partial charge in [0.2, 0.25) is 5.91 Å². The second-order valence-corrected chi connectivity index (χ2v) is 8.05. The Hall–Kier alpha value is -2.37. The third kappa shape index (κ3) is 3.99. The molecule has 0 atom stereocenters. The Balaban J connectivity index is 1.39. The summed E-state index contributed by atoms with van der Waals surface area (Å²) in [7, 11) is 0. The van der Waals surface area contributed by atoms with Crippen molar-refractivity contribution in [3.05, 3.63) is 64.7 Å². The highest BCUT2D eigenvalue weighted by Gasteiger charge is 2.22. The van der Waals surface area contributed by atoms with Gasteiger partial charge in [-0.3, -0.25) is 4.79 Å². The molecule has 0 N–H and O–H groups in total. The van der Waals surface area contributed by atoms with Crippen LogP contribution in [0.3, 0.4) is 0 Å². The molecule has 27 heavy (non-hydrogen) atoms. The molecule has 0 spiro atoms. The second kappa shape index (κ2) is 7.71. The summed E-state index contributed by atoms with van der Waals surface area (Å²) in [6.07, 6.45) is 3.39. The Morgan fingerprint density at radius 1 is 1.15 bits per heavy atom. The molecule has 1 aromatic heterocycles. The molecule has 0 saturated carbocycles. The summed E-state index contributed by atoms with van der Waals surface area (Å²) >= 11 is 7.85. The van der Waals surface area contributed by atoms with Gasteiger partial charge in [0.25, 0.3) is 0 Å². The number of carbonyl (C=O) groups excluding carboxylic acids is 1. The Bertz CT molecular complexity index is 1010. The fraction of sp³-hybridized carbons (Fsp3) is 0.238. The third-order valence-electron chi connectivity index (χ3n) is 4.71. The quantitative estimate of drug-likeness (QED) is 0.605. The highest BCUT2D eigenvalue weighted by molar-refractivity contribution is 7.22. The number of halogens is 1. The lowest BCUT2D eigenvalue weighted by Crippen LogP contribution is -2.48. The number of carbonyl (C=O) groups is 1. The van der Waals surface area contributed by atoms with Crippen LogP contribution in [0.1, 0.15) is 11.1 Å². The van der Waals surface area contributed by atoms with Crippen molar-refractivity contribution in [3.63, 3.8) is 0 Å². The van der Waals surface area contributed by atoms with Gasteiger partial charge in [-0.1, -0.05) is 47.2 Å². The standard InChI is InChI=1S/C21H20ClN3OS/c1-15-6-8-18-19(14-15)27-21(23-18)25-12-10-24(11-13-25)20(26)9-7-16-4-2-3-5-17(16)22/h2-9,14H,10-13H2,1H3/b9-7+. The lowest BCUT2D eigenvalue weighted by atomic mass is 10.2. The molecular formula is C21H20ClN3OS. The number of anilines is 1. The second-order valence-electron chi connectivity index (χ2n) is 6.63. The molecule has 0 aliphatic carbocycles.